The van der Waals surface area contributed by atoms with Gasteiger partial charge in [0.1, 0.15) is 23.1 Å². The Hall–Kier alpha value is -2.86. The molecule has 1 spiro atoms. The van der Waals surface area contributed by atoms with Crippen molar-refractivity contribution < 1.29 is 14.3 Å². The van der Waals surface area contributed by atoms with E-state index < -0.39 is 11.6 Å². The van der Waals surface area contributed by atoms with Gasteiger partial charge in [-0.25, -0.2) is 0 Å². The van der Waals surface area contributed by atoms with E-state index in [4.69, 9.17) is 4.74 Å². The zero-order valence-electron chi connectivity index (χ0n) is 22.3. The second-order valence-electron chi connectivity index (χ2n) is 10.9. The molecule has 2 aromatic rings. The summed E-state index contributed by atoms with van der Waals surface area (Å²) in [5, 5.41) is 3.10. The van der Waals surface area contributed by atoms with Crippen LogP contribution >= 0.6 is 0 Å². The molecule has 0 radical (unpaired) electrons. The first-order valence-electron chi connectivity index (χ1n) is 13.5. The van der Waals surface area contributed by atoms with Crippen molar-refractivity contribution in [3.63, 3.8) is 0 Å². The van der Waals surface area contributed by atoms with Crippen LogP contribution in [0.2, 0.25) is 0 Å². The monoisotopic (exact) mass is 491 g/mol. The average molecular weight is 492 g/mol. The molecule has 2 amide bonds. The van der Waals surface area contributed by atoms with Crippen molar-refractivity contribution in [2.75, 3.05) is 19.6 Å². The predicted octanol–water partition coefficient (Wildman–Crippen LogP) is 5.30. The van der Waals surface area contributed by atoms with Gasteiger partial charge in [-0.15, -0.1) is 0 Å². The maximum absolute atomic E-state index is 13.4. The van der Waals surface area contributed by atoms with E-state index in [9.17, 15) is 9.59 Å². The fourth-order valence-corrected chi connectivity index (χ4v) is 5.39. The number of rotatable bonds is 9. The summed E-state index contributed by atoms with van der Waals surface area (Å²) in [6.07, 6.45) is 3.98. The third-order valence-electron chi connectivity index (χ3n) is 7.52. The lowest BCUT2D eigenvalue weighted by Gasteiger charge is -2.52. The number of likely N-dealkylation sites (tertiary alicyclic amines) is 1. The van der Waals surface area contributed by atoms with Crippen molar-refractivity contribution in [2.45, 2.75) is 77.9 Å². The minimum Gasteiger partial charge on any atom is -0.457 e. The van der Waals surface area contributed by atoms with Gasteiger partial charge < -0.3 is 15.0 Å². The summed E-state index contributed by atoms with van der Waals surface area (Å²) in [6.45, 7) is 11.5. The van der Waals surface area contributed by atoms with Crippen molar-refractivity contribution in [3.8, 4) is 11.5 Å². The van der Waals surface area contributed by atoms with Crippen LogP contribution in [0.25, 0.3) is 0 Å². The van der Waals surface area contributed by atoms with Crippen molar-refractivity contribution in [1.82, 2.24) is 15.1 Å². The topological polar surface area (TPSA) is 61.9 Å². The molecule has 6 heteroatoms. The Morgan fingerprint density at radius 3 is 2.19 bits per heavy atom. The zero-order valence-corrected chi connectivity index (χ0v) is 22.3. The van der Waals surface area contributed by atoms with Gasteiger partial charge in [0.2, 0.25) is 11.8 Å². The molecule has 2 fully saturated rings. The van der Waals surface area contributed by atoms with Crippen LogP contribution in [0.15, 0.2) is 48.5 Å². The number of amides is 2. The lowest BCUT2D eigenvalue weighted by molar-refractivity contribution is -0.161. The number of benzene rings is 2. The highest BCUT2D eigenvalue weighted by Gasteiger charge is 2.53. The van der Waals surface area contributed by atoms with Crippen LogP contribution in [0.1, 0.15) is 64.0 Å². The maximum Gasteiger partial charge on any atom is 0.246 e. The van der Waals surface area contributed by atoms with Gasteiger partial charge in [0.15, 0.2) is 0 Å². The molecule has 2 heterocycles. The lowest BCUT2D eigenvalue weighted by Crippen LogP contribution is -2.73. The third-order valence-corrected chi connectivity index (χ3v) is 7.52. The van der Waals surface area contributed by atoms with Gasteiger partial charge in [-0.05, 0) is 68.4 Å². The van der Waals surface area contributed by atoms with Crippen LogP contribution in [-0.2, 0) is 16.1 Å². The molecular weight excluding hydrogens is 450 g/mol. The van der Waals surface area contributed by atoms with Crippen LogP contribution in [0.4, 0.5) is 0 Å². The number of unbranched alkanes of at least 4 members (excludes halogenated alkanes) is 1. The van der Waals surface area contributed by atoms with Crippen molar-refractivity contribution in [3.05, 3.63) is 59.7 Å². The molecule has 6 nitrogen and oxygen atoms in total. The van der Waals surface area contributed by atoms with Gasteiger partial charge in [-0.1, -0.05) is 57.0 Å². The van der Waals surface area contributed by atoms with Crippen molar-refractivity contribution >= 4 is 11.8 Å². The molecule has 0 aromatic heterocycles. The first-order valence-corrected chi connectivity index (χ1v) is 13.5. The summed E-state index contributed by atoms with van der Waals surface area (Å²) in [4.78, 5) is 31.2. The Balaban J connectivity index is 1.38. The quantitative estimate of drug-likeness (QED) is 0.517. The fourth-order valence-electron chi connectivity index (χ4n) is 5.39. The number of nitrogens with zero attached hydrogens (tertiary/aromatic N) is 2. The highest BCUT2D eigenvalue weighted by atomic mass is 16.5. The zero-order chi connectivity index (χ0) is 25.7. The minimum absolute atomic E-state index is 0.0427. The standard InChI is InChI=1S/C30H41N3O3/c1-5-6-17-33-28(34)27(20-22(2)3)31-29(35)30(33)15-18-32(19-16-30)21-24-9-13-26(14-10-24)36-25-11-7-23(4)8-12-25/h7-14,22,27H,5-6,15-21H2,1-4H3,(H,31,35)/t27-/m0/s1. The van der Waals surface area contributed by atoms with Crippen LogP contribution in [0.5, 0.6) is 11.5 Å². The average Bonchev–Trinajstić information content (AvgIpc) is 2.86. The van der Waals surface area contributed by atoms with Gasteiger partial charge in [0.25, 0.3) is 0 Å². The molecule has 2 aromatic carbocycles. The number of piperazine rings is 1. The number of hydrogen-bond acceptors (Lipinski definition) is 4. The largest absolute Gasteiger partial charge is 0.457 e. The number of carbonyl (C=O) groups is 2. The van der Waals surface area contributed by atoms with Crippen LogP contribution in [0, 0.1) is 12.8 Å². The summed E-state index contributed by atoms with van der Waals surface area (Å²) >= 11 is 0. The molecule has 0 aliphatic carbocycles. The van der Waals surface area contributed by atoms with Gasteiger partial charge in [-0.2, -0.15) is 0 Å². The molecule has 36 heavy (non-hydrogen) atoms. The SMILES string of the molecule is CCCCN1C(=O)[C@H](CC(C)C)NC(=O)C12CCN(Cc1ccc(Oc3ccc(C)cc3)cc1)CC2. The minimum atomic E-state index is -0.706. The number of hydrogen-bond donors (Lipinski definition) is 1. The van der Waals surface area contributed by atoms with E-state index in [1.807, 2.05) is 41.3 Å². The molecule has 4 rings (SSSR count). The van der Waals surface area contributed by atoms with E-state index in [1.54, 1.807) is 0 Å². The Morgan fingerprint density at radius 2 is 1.61 bits per heavy atom. The molecule has 0 bridgehead atoms. The molecule has 1 N–H and O–H groups in total. The molecule has 194 valence electrons. The van der Waals surface area contributed by atoms with E-state index >= 15 is 0 Å². The Bertz CT molecular complexity index is 1020. The maximum atomic E-state index is 13.4. The Labute approximate surface area is 216 Å². The second kappa shape index (κ2) is 11.5. The van der Waals surface area contributed by atoms with Crippen molar-refractivity contribution in [1.29, 1.82) is 0 Å². The second-order valence-corrected chi connectivity index (χ2v) is 10.9. The summed E-state index contributed by atoms with van der Waals surface area (Å²) in [7, 11) is 0. The van der Waals surface area contributed by atoms with E-state index in [0.29, 0.717) is 31.7 Å². The van der Waals surface area contributed by atoms with Crippen LogP contribution in [0.3, 0.4) is 0 Å². The normalized spacial score (nSPS) is 20.1. The third kappa shape index (κ3) is 5.92. The first kappa shape index (κ1) is 26.2. The summed E-state index contributed by atoms with van der Waals surface area (Å²) in [5.41, 5.74) is 1.72. The summed E-state index contributed by atoms with van der Waals surface area (Å²) in [6, 6.07) is 15.9. The molecule has 0 saturated carbocycles. The van der Waals surface area contributed by atoms with Gasteiger partial charge >= 0.3 is 0 Å². The molecular formula is C30H41N3O3. The molecule has 2 saturated heterocycles. The van der Waals surface area contributed by atoms with E-state index in [1.165, 1.54) is 11.1 Å². The Morgan fingerprint density at radius 1 is 1.00 bits per heavy atom. The van der Waals surface area contributed by atoms with E-state index in [0.717, 1.165) is 44.0 Å². The van der Waals surface area contributed by atoms with Crippen LogP contribution < -0.4 is 10.1 Å². The molecule has 1 atom stereocenters. The van der Waals surface area contributed by atoms with Gasteiger partial charge in [0.05, 0.1) is 0 Å². The Kier molecular flexibility index (Phi) is 8.35. The van der Waals surface area contributed by atoms with Gasteiger partial charge in [0, 0.05) is 26.2 Å². The van der Waals surface area contributed by atoms with Gasteiger partial charge in [-0.3, -0.25) is 14.5 Å². The van der Waals surface area contributed by atoms with Crippen molar-refractivity contribution in [2.24, 2.45) is 5.92 Å². The highest BCUT2D eigenvalue weighted by molar-refractivity contribution is 6.00. The molecule has 2 aliphatic rings. The molecule has 2 aliphatic heterocycles. The summed E-state index contributed by atoms with van der Waals surface area (Å²) in [5.74, 6) is 2.16. The van der Waals surface area contributed by atoms with E-state index in [2.05, 4.69) is 50.0 Å². The predicted molar refractivity (Wildman–Crippen MR) is 143 cm³/mol. The molecule has 0 unspecified atom stereocenters. The summed E-state index contributed by atoms with van der Waals surface area (Å²) < 4.78 is 5.96. The fraction of sp³-hybridized carbons (Fsp3) is 0.533. The number of ether oxygens (including phenoxy) is 1. The smallest absolute Gasteiger partial charge is 0.246 e. The number of nitrogens with one attached hydrogen (secondary N) is 1. The lowest BCUT2D eigenvalue weighted by atomic mass is 9.80. The van der Waals surface area contributed by atoms with Crippen LogP contribution in [-0.4, -0.2) is 52.8 Å². The number of carbonyl (C=O) groups excluding carboxylic acids is 2. The first-order chi connectivity index (χ1) is 17.3. The number of piperidine rings is 1. The number of aryl methyl sites for hydroxylation is 1. The highest BCUT2D eigenvalue weighted by Crippen LogP contribution is 2.35. The van der Waals surface area contributed by atoms with E-state index in [-0.39, 0.29) is 11.8 Å².